The van der Waals surface area contributed by atoms with E-state index in [2.05, 4.69) is 51.0 Å². The Hall–Kier alpha value is 0.130. The Morgan fingerprint density at radius 1 is 1.44 bits per heavy atom. The second kappa shape index (κ2) is 6.17. The SMILES string of the molecule is CC(C)CC(C)NC(=O)c1cc(Br)c(Br)s1. The van der Waals surface area contributed by atoms with Gasteiger partial charge >= 0.3 is 0 Å². The highest BCUT2D eigenvalue weighted by Gasteiger charge is 2.14. The van der Waals surface area contributed by atoms with Crippen molar-refractivity contribution in [2.75, 3.05) is 0 Å². The van der Waals surface area contributed by atoms with Crippen molar-refractivity contribution in [1.29, 1.82) is 0 Å². The number of hydrogen-bond acceptors (Lipinski definition) is 2. The summed E-state index contributed by atoms with van der Waals surface area (Å²) < 4.78 is 1.88. The molecule has 1 aromatic rings. The highest BCUT2D eigenvalue weighted by Crippen LogP contribution is 2.32. The molecule has 5 heteroatoms. The summed E-state index contributed by atoms with van der Waals surface area (Å²) in [5.74, 6) is 0.599. The van der Waals surface area contributed by atoms with Crippen molar-refractivity contribution in [2.24, 2.45) is 5.92 Å². The lowest BCUT2D eigenvalue weighted by atomic mass is 10.1. The number of hydrogen-bond donors (Lipinski definition) is 1. The molecule has 0 aliphatic rings. The number of thiophene rings is 1. The fourth-order valence-corrected chi connectivity index (χ4v) is 3.46. The molecule has 0 aromatic carbocycles. The van der Waals surface area contributed by atoms with Gasteiger partial charge in [-0.15, -0.1) is 11.3 Å². The molecule has 1 N–H and O–H groups in total. The maximum Gasteiger partial charge on any atom is 0.261 e. The molecule has 1 rings (SSSR count). The summed E-state index contributed by atoms with van der Waals surface area (Å²) in [4.78, 5) is 12.6. The Morgan fingerprint density at radius 2 is 2.06 bits per heavy atom. The highest BCUT2D eigenvalue weighted by atomic mass is 79.9. The van der Waals surface area contributed by atoms with Crippen LogP contribution >= 0.6 is 43.2 Å². The van der Waals surface area contributed by atoms with Crippen LogP contribution in [0.5, 0.6) is 0 Å². The van der Waals surface area contributed by atoms with E-state index in [4.69, 9.17) is 0 Å². The topological polar surface area (TPSA) is 29.1 Å². The van der Waals surface area contributed by atoms with Gasteiger partial charge < -0.3 is 5.32 Å². The van der Waals surface area contributed by atoms with Gasteiger partial charge in [-0.3, -0.25) is 4.79 Å². The summed E-state index contributed by atoms with van der Waals surface area (Å²) in [7, 11) is 0. The van der Waals surface area contributed by atoms with E-state index in [-0.39, 0.29) is 11.9 Å². The van der Waals surface area contributed by atoms with Crippen molar-refractivity contribution in [3.63, 3.8) is 0 Å². The van der Waals surface area contributed by atoms with Crippen molar-refractivity contribution in [1.82, 2.24) is 5.32 Å². The lowest BCUT2D eigenvalue weighted by Gasteiger charge is -2.15. The fraction of sp³-hybridized carbons (Fsp3) is 0.545. The molecule has 0 bridgehead atoms. The summed E-state index contributed by atoms with van der Waals surface area (Å²) >= 11 is 8.20. The van der Waals surface area contributed by atoms with Crippen LogP contribution < -0.4 is 5.32 Å². The second-order valence-electron chi connectivity index (χ2n) is 4.24. The molecule has 0 fully saturated rings. The second-order valence-corrected chi connectivity index (χ2v) is 7.46. The average Bonchev–Trinajstić information content (AvgIpc) is 2.45. The van der Waals surface area contributed by atoms with Crippen LogP contribution in [-0.4, -0.2) is 11.9 Å². The van der Waals surface area contributed by atoms with Crippen LogP contribution in [0.25, 0.3) is 0 Å². The van der Waals surface area contributed by atoms with Gasteiger partial charge in [-0.25, -0.2) is 0 Å². The summed E-state index contributed by atoms with van der Waals surface area (Å²) in [6, 6.07) is 2.05. The number of carbonyl (C=O) groups excluding carboxylic acids is 1. The Balaban J connectivity index is 2.58. The minimum Gasteiger partial charge on any atom is -0.349 e. The molecule has 0 aliphatic carbocycles. The monoisotopic (exact) mass is 367 g/mol. The molecule has 1 unspecified atom stereocenters. The molecule has 0 radical (unpaired) electrons. The molecular formula is C11H15Br2NOS. The smallest absolute Gasteiger partial charge is 0.261 e. The zero-order valence-corrected chi connectivity index (χ0v) is 13.5. The fourth-order valence-electron chi connectivity index (χ4n) is 1.52. The zero-order valence-electron chi connectivity index (χ0n) is 9.51. The lowest BCUT2D eigenvalue weighted by Crippen LogP contribution is -2.32. The minimum atomic E-state index is 0.00421. The number of carbonyl (C=O) groups is 1. The largest absolute Gasteiger partial charge is 0.349 e. The van der Waals surface area contributed by atoms with Crippen LogP contribution in [0.3, 0.4) is 0 Å². The zero-order chi connectivity index (χ0) is 12.3. The van der Waals surface area contributed by atoms with E-state index in [1.807, 2.05) is 13.0 Å². The molecular weight excluding hydrogens is 354 g/mol. The van der Waals surface area contributed by atoms with Gasteiger partial charge in [0.25, 0.3) is 5.91 Å². The predicted molar refractivity (Wildman–Crippen MR) is 76.1 cm³/mol. The third-order valence-corrected chi connectivity index (χ3v) is 5.33. The first-order valence-electron chi connectivity index (χ1n) is 5.15. The third kappa shape index (κ3) is 4.18. The van der Waals surface area contributed by atoms with Gasteiger partial charge in [-0.1, -0.05) is 13.8 Å². The van der Waals surface area contributed by atoms with E-state index < -0.39 is 0 Å². The summed E-state index contributed by atoms with van der Waals surface area (Å²) in [6.45, 7) is 6.34. The normalized spacial score (nSPS) is 12.9. The summed E-state index contributed by atoms with van der Waals surface area (Å²) in [5, 5.41) is 3.00. The summed E-state index contributed by atoms with van der Waals surface area (Å²) in [6.07, 6.45) is 0.999. The van der Waals surface area contributed by atoms with Crippen molar-refractivity contribution in [3.05, 3.63) is 19.2 Å². The quantitative estimate of drug-likeness (QED) is 0.836. The first-order chi connectivity index (χ1) is 7.40. The van der Waals surface area contributed by atoms with Crippen LogP contribution in [0.1, 0.15) is 36.9 Å². The molecule has 1 heterocycles. The van der Waals surface area contributed by atoms with Crippen molar-refractivity contribution < 1.29 is 4.79 Å². The Labute approximate surface area is 117 Å². The molecule has 1 aromatic heterocycles. The van der Waals surface area contributed by atoms with Gasteiger partial charge in [0.2, 0.25) is 0 Å². The molecule has 0 saturated heterocycles. The predicted octanol–water partition coefficient (Wildman–Crippen LogP) is 4.44. The van der Waals surface area contributed by atoms with Crippen LogP contribution in [0.15, 0.2) is 14.3 Å². The summed E-state index contributed by atoms with van der Waals surface area (Å²) in [5.41, 5.74) is 0. The molecule has 0 aliphatic heterocycles. The van der Waals surface area contributed by atoms with E-state index in [0.29, 0.717) is 5.92 Å². The first-order valence-corrected chi connectivity index (χ1v) is 7.56. The van der Waals surface area contributed by atoms with Crippen LogP contribution in [0.2, 0.25) is 0 Å². The maximum absolute atomic E-state index is 11.9. The Morgan fingerprint density at radius 3 is 2.50 bits per heavy atom. The average molecular weight is 369 g/mol. The maximum atomic E-state index is 11.9. The molecule has 16 heavy (non-hydrogen) atoms. The van der Waals surface area contributed by atoms with E-state index >= 15 is 0 Å². The molecule has 0 spiro atoms. The Bertz CT molecular complexity index is 357. The van der Waals surface area contributed by atoms with E-state index in [1.165, 1.54) is 11.3 Å². The van der Waals surface area contributed by atoms with Gasteiger partial charge in [0.05, 0.1) is 8.66 Å². The molecule has 0 saturated carbocycles. The molecule has 90 valence electrons. The number of halogens is 2. The number of nitrogens with one attached hydrogen (secondary N) is 1. The van der Waals surface area contributed by atoms with Gasteiger partial charge in [0, 0.05) is 10.5 Å². The van der Waals surface area contributed by atoms with Gasteiger partial charge in [-0.2, -0.15) is 0 Å². The Kier molecular flexibility index (Phi) is 5.47. The van der Waals surface area contributed by atoms with Gasteiger partial charge in [-0.05, 0) is 57.2 Å². The van der Waals surface area contributed by atoms with E-state index in [9.17, 15) is 4.79 Å². The lowest BCUT2D eigenvalue weighted by molar-refractivity contribution is 0.0940. The minimum absolute atomic E-state index is 0.00421. The number of amides is 1. The standard InChI is InChI=1S/C11H15Br2NOS/c1-6(2)4-7(3)14-11(15)9-5-8(12)10(13)16-9/h5-7H,4H2,1-3H3,(H,14,15). The van der Waals surface area contributed by atoms with Crippen molar-refractivity contribution >= 4 is 49.1 Å². The van der Waals surface area contributed by atoms with Crippen LogP contribution in [0.4, 0.5) is 0 Å². The molecule has 1 amide bonds. The third-order valence-electron chi connectivity index (χ3n) is 2.07. The highest BCUT2D eigenvalue weighted by molar-refractivity contribution is 9.13. The first kappa shape index (κ1) is 14.2. The van der Waals surface area contributed by atoms with Gasteiger partial charge in [0.15, 0.2) is 0 Å². The van der Waals surface area contributed by atoms with E-state index in [0.717, 1.165) is 19.6 Å². The van der Waals surface area contributed by atoms with Crippen molar-refractivity contribution in [2.45, 2.75) is 33.2 Å². The van der Waals surface area contributed by atoms with Crippen molar-refractivity contribution in [3.8, 4) is 0 Å². The van der Waals surface area contributed by atoms with Crippen LogP contribution in [-0.2, 0) is 0 Å². The van der Waals surface area contributed by atoms with Crippen LogP contribution in [0, 0.1) is 5.92 Å². The van der Waals surface area contributed by atoms with E-state index in [1.54, 1.807) is 0 Å². The van der Waals surface area contributed by atoms with Gasteiger partial charge in [0.1, 0.15) is 0 Å². The molecule has 2 nitrogen and oxygen atoms in total. The number of rotatable bonds is 4. The molecule has 1 atom stereocenters.